The van der Waals surface area contributed by atoms with Crippen LogP contribution in [0.2, 0.25) is 0 Å². The van der Waals surface area contributed by atoms with Crippen molar-refractivity contribution in [3.63, 3.8) is 0 Å². The predicted octanol–water partition coefficient (Wildman–Crippen LogP) is 12.1. The summed E-state index contributed by atoms with van der Waals surface area (Å²) in [6, 6.07) is 42.4. The van der Waals surface area contributed by atoms with Gasteiger partial charge in [0.25, 0.3) is 0 Å². The molecular weight excluding hydrogens is 797 g/mol. The summed E-state index contributed by atoms with van der Waals surface area (Å²) in [7, 11) is 0. The second kappa shape index (κ2) is 23.6. The Hall–Kier alpha value is -6.80. The Bertz CT molecular complexity index is 2600. The van der Waals surface area contributed by atoms with Crippen molar-refractivity contribution in [2.75, 3.05) is 13.2 Å². The SMILES string of the molecule is CC#Cc1ccc(-c2ccc(COc3ccc4c(c3)CCC(C(=O)OC(C)CCOCC)C4)cc2)cc1.CC#Cc1ccc(COc2ccc3cc(C(=O)OC(C)C)ccc3c2)cc1. The number of carbonyl (C=O) groups is 2. The summed E-state index contributed by atoms with van der Waals surface area (Å²) in [5, 5.41) is 1.99. The Kier molecular flexibility index (Phi) is 17.2. The number of esters is 2. The average molecular weight is 855 g/mol. The van der Waals surface area contributed by atoms with Crippen LogP contribution in [0, 0.1) is 29.6 Å². The van der Waals surface area contributed by atoms with E-state index >= 15 is 0 Å². The molecule has 0 amide bonds. The Morgan fingerprint density at radius 1 is 0.641 bits per heavy atom. The van der Waals surface area contributed by atoms with E-state index in [1.54, 1.807) is 6.07 Å². The molecule has 0 aromatic heterocycles. The van der Waals surface area contributed by atoms with Crippen LogP contribution in [-0.2, 0) is 45.1 Å². The molecule has 0 aliphatic heterocycles. The van der Waals surface area contributed by atoms with Crippen molar-refractivity contribution in [1.82, 2.24) is 0 Å². The number of benzene rings is 6. The summed E-state index contributed by atoms with van der Waals surface area (Å²) in [6.07, 6.45) is 2.87. The molecule has 328 valence electrons. The van der Waals surface area contributed by atoms with Crippen molar-refractivity contribution in [2.45, 2.75) is 92.6 Å². The van der Waals surface area contributed by atoms with Crippen molar-refractivity contribution in [3.05, 3.63) is 166 Å². The predicted molar refractivity (Wildman–Crippen MR) is 255 cm³/mol. The van der Waals surface area contributed by atoms with Gasteiger partial charge in [-0.3, -0.25) is 4.79 Å². The summed E-state index contributed by atoms with van der Waals surface area (Å²) in [4.78, 5) is 24.7. The second-order valence-electron chi connectivity index (χ2n) is 16.1. The van der Waals surface area contributed by atoms with E-state index in [0.717, 1.165) is 70.2 Å². The highest BCUT2D eigenvalue weighted by Crippen LogP contribution is 2.31. The summed E-state index contributed by atoms with van der Waals surface area (Å²) in [5.41, 5.74) is 9.61. The van der Waals surface area contributed by atoms with E-state index in [1.807, 2.05) is 102 Å². The first-order valence-corrected chi connectivity index (χ1v) is 22.1. The van der Waals surface area contributed by atoms with Gasteiger partial charge in [-0.1, -0.05) is 78.6 Å². The van der Waals surface area contributed by atoms with Gasteiger partial charge in [0.2, 0.25) is 0 Å². The summed E-state index contributed by atoms with van der Waals surface area (Å²) in [5.74, 6) is 13.1. The van der Waals surface area contributed by atoms with E-state index in [1.165, 1.54) is 22.3 Å². The summed E-state index contributed by atoms with van der Waals surface area (Å²) >= 11 is 0. The smallest absolute Gasteiger partial charge is 0.338 e. The standard InChI is InChI=1S/C33H36O4.C24H22O3/c1-4-6-25-7-11-27(12-8-25)28-13-9-26(10-14-28)23-36-32-18-17-29-21-31(16-15-30(29)22-32)33(34)37-24(3)19-20-35-5-2;1-4-5-18-6-8-19(9-7-18)16-26-23-13-12-20-14-22(11-10-21(20)15-23)24(25)27-17(2)3/h7-14,17-18,22,24,31H,5,15-16,19-21,23H2,1-3H3;6-15,17H,16H2,1-3H3. The third-order valence-electron chi connectivity index (χ3n) is 10.8. The highest BCUT2D eigenvalue weighted by atomic mass is 16.5. The van der Waals surface area contributed by atoms with Gasteiger partial charge in [0, 0.05) is 24.2 Å². The Morgan fingerprint density at radius 3 is 1.83 bits per heavy atom. The fourth-order valence-corrected chi connectivity index (χ4v) is 7.34. The highest BCUT2D eigenvalue weighted by Gasteiger charge is 2.27. The molecule has 7 nitrogen and oxygen atoms in total. The molecule has 7 heteroatoms. The maximum Gasteiger partial charge on any atom is 0.338 e. The Morgan fingerprint density at radius 2 is 1.20 bits per heavy atom. The van der Waals surface area contributed by atoms with Crippen LogP contribution in [0.5, 0.6) is 11.5 Å². The van der Waals surface area contributed by atoms with Gasteiger partial charge in [0.05, 0.1) is 24.2 Å². The molecule has 2 atom stereocenters. The molecule has 6 aromatic carbocycles. The molecule has 1 aliphatic rings. The Labute approximate surface area is 379 Å². The molecule has 0 N–H and O–H groups in total. The molecule has 64 heavy (non-hydrogen) atoms. The lowest BCUT2D eigenvalue weighted by molar-refractivity contribution is -0.154. The number of hydrogen-bond acceptors (Lipinski definition) is 7. The Balaban J connectivity index is 0.000000223. The van der Waals surface area contributed by atoms with Crippen LogP contribution in [0.3, 0.4) is 0 Å². The van der Waals surface area contributed by atoms with Gasteiger partial charge in [0.1, 0.15) is 30.8 Å². The minimum absolute atomic E-state index is 0.0805. The summed E-state index contributed by atoms with van der Waals surface area (Å²) < 4.78 is 28.3. The van der Waals surface area contributed by atoms with Crippen LogP contribution in [0.4, 0.5) is 0 Å². The van der Waals surface area contributed by atoms with Crippen LogP contribution < -0.4 is 9.47 Å². The van der Waals surface area contributed by atoms with Crippen LogP contribution in [0.15, 0.2) is 127 Å². The molecule has 2 unspecified atom stereocenters. The zero-order valence-electron chi connectivity index (χ0n) is 37.9. The molecule has 0 fully saturated rings. The van der Waals surface area contributed by atoms with Crippen molar-refractivity contribution in [2.24, 2.45) is 5.92 Å². The minimum Gasteiger partial charge on any atom is -0.489 e. The zero-order chi connectivity index (χ0) is 45.3. The van der Waals surface area contributed by atoms with E-state index in [9.17, 15) is 9.59 Å². The molecule has 0 saturated heterocycles. The van der Waals surface area contributed by atoms with Crippen LogP contribution in [0.1, 0.15) is 98.1 Å². The lowest BCUT2D eigenvalue weighted by atomic mass is 9.84. The summed E-state index contributed by atoms with van der Waals surface area (Å²) in [6.45, 7) is 13.6. The van der Waals surface area contributed by atoms with Gasteiger partial charge in [-0.15, -0.1) is 11.8 Å². The van der Waals surface area contributed by atoms with Gasteiger partial charge < -0.3 is 23.7 Å². The third-order valence-corrected chi connectivity index (χ3v) is 10.8. The van der Waals surface area contributed by atoms with Crippen molar-refractivity contribution < 1.29 is 33.3 Å². The number of fused-ring (bicyclic) bond motifs is 2. The molecule has 6 aromatic rings. The highest BCUT2D eigenvalue weighted by molar-refractivity contribution is 5.95. The lowest BCUT2D eigenvalue weighted by Gasteiger charge is -2.25. The van der Waals surface area contributed by atoms with Gasteiger partial charge in [0.15, 0.2) is 0 Å². The maximum absolute atomic E-state index is 12.6. The largest absolute Gasteiger partial charge is 0.489 e. The fraction of sp³-hybridized carbons (Fsp3) is 0.298. The number of carbonyl (C=O) groups excluding carboxylic acids is 2. The average Bonchev–Trinajstić information content (AvgIpc) is 3.31. The van der Waals surface area contributed by atoms with Gasteiger partial charge >= 0.3 is 11.9 Å². The maximum atomic E-state index is 12.6. The van der Waals surface area contributed by atoms with Crippen molar-refractivity contribution in [3.8, 4) is 46.3 Å². The number of aryl methyl sites for hydroxylation is 1. The van der Waals surface area contributed by atoms with Crippen molar-refractivity contribution in [1.29, 1.82) is 0 Å². The van der Waals surface area contributed by atoms with Crippen LogP contribution in [-0.4, -0.2) is 37.4 Å². The molecule has 1 aliphatic carbocycles. The molecular formula is C57H58O7. The van der Waals surface area contributed by atoms with E-state index in [4.69, 9.17) is 23.7 Å². The van der Waals surface area contributed by atoms with Crippen LogP contribution >= 0.6 is 0 Å². The molecule has 0 radical (unpaired) electrons. The first kappa shape index (κ1) is 46.7. The van der Waals surface area contributed by atoms with Gasteiger partial charge in [-0.05, 0) is 166 Å². The van der Waals surface area contributed by atoms with E-state index in [2.05, 4.69) is 84.3 Å². The number of rotatable bonds is 15. The number of ether oxygens (including phenoxy) is 5. The minimum atomic E-state index is -0.302. The van der Waals surface area contributed by atoms with E-state index in [-0.39, 0.29) is 30.1 Å². The normalized spacial score (nSPS) is 13.1. The third kappa shape index (κ3) is 13.9. The monoisotopic (exact) mass is 854 g/mol. The van der Waals surface area contributed by atoms with Crippen LogP contribution in [0.25, 0.3) is 21.9 Å². The molecule has 7 rings (SSSR count). The first-order valence-electron chi connectivity index (χ1n) is 22.1. The lowest BCUT2D eigenvalue weighted by Crippen LogP contribution is -2.28. The quantitative estimate of drug-likeness (QED) is 0.0578. The second-order valence-corrected chi connectivity index (χ2v) is 16.1. The molecule has 0 bridgehead atoms. The molecule has 0 saturated carbocycles. The van der Waals surface area contributed by atoms with Gasteiger partial charge in [-0.2, -0.15) is 0 Å². The van der Waals surface area contributed by atoms with Crippen molar-refractivity contribution >= 4 is 22.7 Å². The van der Waals surface area contributed by atoms with E-state index < -0.39 is 0 Å². The van der Waals surface area contributed by atoms with Gasteiger partial charge in [-0.25, -0.2) is 4.79 Å². The van der Waals surface area contributed by atoms with E-state index in [0.29, 0.717) is 32.0 Å². The topological polar surface area (TPSA) is 80.3 Å². The zero-order valence-corrected chi connectivity index (χ0v) is 37.9. The first-order chi connectivity index (χ1) is 31.1. The fourth-order valence-electron chi connectivity index (χ4n) is 7.34. The number of hydrogen-bond donors (Lipinski definition) is 0. The molecule has 0 heterocycles. The molecule has 0 spiro atoms.